The van der Waals surface area contributed by atoms with Crippen molar-refractivity contribution < 1.29 is 28.5 Å². The molecule has 0 bridgehead atoms. The second-order valence-electron chi connectivity index (χ2n) is 15.7. The molecule has 4 heterocycles. The number of esters is 2. The number of likely N-dealkylation sites (tertiary alicyclic amines) is 2. The zero-order chi connectivity index (χ0) is 42.9. The molecule has 0 spiro atoms. The SMILES string of the molecule is COC(=O)c1cccc(COC2CCCN(Cc3ccncc3)C2c2ccccc2)c1.COC(=O)c1cccc(COC2CCCN(Cc3ccncc3)C2c2ccccc2)c1.Cl.Cl. The molecule has 2 fully saturated rings. The van der Waals surface area contributed by atoms with E-state index in [4.69, 9.17) is 18.9 Å². The van der Waals surface area contributed by atoms with E-state index in [2.05, 4.69) is 92.6 Å². The number of rotatable bonds is 14. The molecule has 0 aliphatic carbocycles. The lowest BCUT2D eigenvalue weighted by Crippen LogP contribution is -2.42. The molecule has 4 unspecified atom stereocenters. The van der Waals surface area contributed by atoms with Gasteiger partial charge in [-0.2, -0.15) is 0 Å². The first-order chi connectivity index (χ1) is 30.5. The van der Waals surface area contributed by atoms with E-state index in [0.29, 0.717) is 24.3 Å². The predicted octanol–water partition coefficient (Wildman–Crippen LogP) is 10.4. The summed E-state index contributed by atoms with van der Waals surface area (Å²) in [6, 6.07) is 44.8. The Morgan fingerprint density at radius 3 is 1.28 bits per heavy atom. The lowest BCUT2D eigenvalue weighted by Gasteiger charge is -2.41. The summed E-state index contributed by atoms with van der Waals surface area (Å²) in [6.07, 6.45) is 11.7. The Kier molecular flexibility index (Phi) is 19.9. The van der Waals surface area contributed by atoms with Gasteiger partial charge in [-0.15, -0.1) is 24.8 Å². The van der Waals surface area contributed by atoms with Gasteiger partial charge in [0.25, 0.3) is 0 Å². The smallest absolute Gasteiger partial charge is 0.337 e. The molecule has 0 amide bonds. The maximum absolute atomic E-state index is 11.9. The number of piperidine rings is 2. The van der Waals surface area contributed by atoms with E-state index in [9.17, 15) is 9.59 Å². The number of methoxy groups -OCH3 is 2. The Morgan fingerprint density at radius 1 is 0.516 bits per heavy atom. The van der Waals surface area contributed by atoms with Crippen LogP contribution in [0.25, 0.3) is 0 Å². The van der Waals surface area contributed by atoms with E-state index in [1.54, 1.807) is 12.1 Å². The van der Waals surface area contributed by atoms with Crippen molar-refractivity contribution in [3.63, 3.8) is 0 Å². The second kappa shape index (κ2) is 25.7. The van der Waals surface area contributed by atoms with Crippen LogP contribution in [0.4, 0.5) is 0 Å². The topological polar surface area (TPSA) is 103 Å². The Bertz CT molecular complexity index is 2130. The molecule has 2 aromatic heterocycles. The van der Waals surface area contributed by atoms with Crippen molar-refractivity contribution in [2.24, 2.45) is 0 Å². The molecule has 12 heteroatoms. The molecule has 2 aliphatic heterocycles. The molecule has 0 N–H and O–H groups in total. The highest BCUT2D eigenvalue weighted by Crippen LogP contribution is 2.36. The van der Waals surface area contributed by atoms with E-state index in [0.717, 1.165) is 63.0 Å². The summed E-state index contributed by atoms with van der Waals surface area (Å²) in [5.41, 5.74) is 8.08. The van der Waals surface area contributed by atoms with Crippen LogP contribution in [0.5, 0.6) is 0 Å². The number of aromatic nitrogens is 2. The van der Waals surface area contributed by atoms with Gasteiger partial charge in [0, 0.05) is 37.9 Å². The average Bonchev–Trinajstić information content (AvgIpc) is 3.34. The standard InChI is InChI=1S/2C26H28N2O3.2ClH/c2*1-30-26(29)23-10-5-7-21(17-23)19-31-24-11-6-16-28(18-20-12-14-27-15-13-20)25(24)22-8-3-2-4-9-22;;/h2*2-5,7-10,12-15,17,24-25H,6,11,16,18-19H2,1H3;2*1H. The van der Waals surface area contributed by atoms with Crippen molar-refractivity contribution in [3.8, 4) is 0 Å². The third-order valence-corrected chi connectivity index (χ3v) is 11.5. The maximum atomic E-state index is 11.9. The van der Waals surface area contributed by atoms with Gasteiger partial charge in [0.05, 0.1) is 62.9 Å². The van der Waals surface area contributed by atoms with Crippen molar-refractivity contribution in [3.05, 3.63) is 203 Å². The molecule has 64 heavy (non-hydrogen) atoms. The van der Waals surface area contributed by atoms with Crippen LogP contribution in [0.1, 0.15) is 91.9 Å². The molecule has 336 valence electrons. The van der Waals surface area contributed by atoms with E-state index >= 15 is 0 Å². The second-order valence-corrected chi connectivity index (χ2v) is 15.7. The normalized spacial score (nSPS) is 18.5. The number of hydrogen-bond donors (Lipinski definition) is 0. The lowest BCUT2D eigenvalue weighted by molar-refractivity contribution is -0.0554. The summed E-state index contributed by atoms with van der Waals surface area (Å²) in [7, 11) is 2.80. The van der Waals surface area contributed by atoms with E-state index in [1.807, 2.05) is 73.3 Å². The molecular formula is C52H58Cl2N4O6. The van der Waals surface area contributed by atoms with Crippen LogP contribution in [0.3, 0.4) is 0 Å². The zero-order valence-corrected chi connectivity index (χ0v) is 38.1. The summed E-state index contributed by atoms with van der Waals surface area (Å²) in [4.78, 5) is 37.0. The average molecular weight is 906 g/mol. The summed E-state index contributed by atoms with van der Waals surface area (Å²) < 4.78 is 22.6. The van der Waals surface area contributed by atoms with Crippen LogP contribution in [-0.2, 0) is 45.3 Å². The van der Waals surface area contributed by atoms with Crippen LogP contribution < -0.4 is 0 Å². The number of pyridine rings is 2. The zero-order valence-electron chi connectivity index (χ0n) is 36.4. The first kappa shape index (κ1) is 49.6. The molecule has 0 radical (unpaired) electrons. The minimum absolute atomic E-state index is 0. The fourth-order valence-corrected chi connectivity index (χ4v) is 8.57. The maximum Gasteiger partial charge on any atom is 0.337 e. The van der Waals surface area contributed by atoms with Gasteiger partial charge in [-0.3, -0.25) is 19.8 Å². The van der Waals surface area contributed by atoms with Crippen molar-refractivity contribution >= 4 is 36.8 Å². The summed E-state index contributed by atoms with van der Waals surface area (Å²) in [5.74, 6) is -0.657. The number of nitrogens with zero attached hydrogens (tertiary/aromatic N) is 4. The van der Waals surface area contributed by atoms with Crippen LogP contribution in [-0.4, -0.2) is 71.2 Å². The highest BCUT2D eigenvalue weighted by molar-refractivity contribution is 5.90. The minimum atomic E-state index is -0.329. The van der Waals surface area contributed by atoms with E-state index < -0.39 is 0 Å². The first-order valence-electron chi connectivity index (χ1n) is 21.4. The lowest BCUT2D eigenvalue weighted by atomic mass is 9.91. The van der Waals surface area contributed by atoms with Gasteiger partial charge in [-0.05, 0) is 121 Å². The fourth-order valence-electron chi connectivity index (χ4n) is 8.57. The molecular weight excluding hydrogens is 847 g/mol. The van der Waals surface area contributed by atoms with Gasteiger partial charge in [0.1, 0.15) is 0 Å². The number of carbonyl (C=O) groups excluding carboxylic acids is 2. The quantitative estimate of drug-likeness (QED) is 0.0982. The number of hydrogen-bond acceptors (Lipinski definition) is 10. The van der Waals surface area contributed by atoms with Crippen LogP contribution in [0, 0.1) is 0 Å². The molecule has 2 aliphatic rings. The molecule has 10 nitrogen and oxygen atoms in total. The van der Waals surface area contributed by atoms with Crippen LogP contribution >= 0.6 is 24.8 Å². The third-order valence-electron chi connectivity index (χ3n) is 11.5. The van der Waals surface area contributed by atoms with Gasteiger partial charge in [-0.1, -0.05) is 84.9 Å². The molecule has 2 saturated heterocycles. The number of ether oxygens (including phenoxy) is 4. The monoisotopic (exact) mass is 904 g/mol. The highest BCUT2D eigenvalue weighted by Gasteiger charge is 2.35. The van der Waals surface area contributed by atoms with Crippen molar-refractivity contribution in [1.29, 1.82) is 0 Å². The largest absolute Gasteiger partial charge is 0.465 e. The fraction of sp³-hybridized carbons (Fsp3) is 0.308. The summed E-state index contributed by atoms with van der Waals surface area (Å²) >= 11 is 0. The minimum Gasteiger partial charge on any atom is -0.465 e. The Hall–Kier alpha value is -5.46. The van der Waals surface area contributed by atoms with Gasteiger partial charge < -0.3 is 18.9 Å². The molecule has 6 aromatic rings. The molecule has 0 saturated carbocycles. The van der Waals surface area contributed by atoms with Crippen molar-refractivity contribution in [2.75, 3.05) is 27.3 Å². The van der Waals surface area contributed by atoms with Gasteiger partial charge in [0.15, 0.2) is 0 Å². The highest BCUT2D eigenvalue weighted by atomic mass is 35.5. The van der Waals surface area contributed by atoms with Gasteiger partial charge in [0.2, 0.25) is 0 Å². The molecule has 4 aromatic carbocycles. The Labute approximate surface area is 389 Å². The molecule has 8 rings (SSSR count). The van der Waals surface area contributed by atoms with E-state index in [1.165, 1.54) is 36.5 Å². The Morgan fingerprint density at radius 2 is 0.906 bits per heavy atom. The number of halogens is 2. The first-order valence-corrected chi connectivity index (χ1v) is 21.4. The van der Waals surface area contributed by atoms with Crippen LogP contribution in [0.15, 0.2) is 158 Å². The van der Waals surface area contributed by atoms with Crippen LogP contribution in [0.2, 0.25) is 0 Å². The number of benzene rings is 4. The summed E-state index contributed by atoms with van der Waals surface area (Å²) in [5, 5.41) is 0. The van der Waals surface area contributed by atoms with Crippen molar-refractivity contribution in [1.82, 2.24) is 19.8 Å². The van der Waals surface area contributed by atoms with E-state index in [-0.39, 0.29) is 61.0 Å². The van der Waals surface area contributed by atoms with Gasteiger partial charge >= 0.3 is 11.9 Å². The Balaban J connectivity index is 0.000000234. The van der Waals surface area contributed by atoms with Crippen molar-refractivity contribution in [2.45, 2.75) is 76.3 Å². The molecule has 4 atom stereocenters. The predicted molar refractivity (Wildman–Crippen MR) is 253 cm³/mol. The summed E-state index contributed by atoms with van der Waals surface area (Å²) in [6.45, 7) is 4.70. The third kappa shape index (κ3) is 13.8. The number of carbonyl (C=O) groups is 2. The van der Waals surface area contributed by atoms with Gasteiger partial charge in [-0.25, -0.2) is 9.59 Å².